The molecule has 3 nitrogen and oxygen atoms in total. The third-order valence-corrected chi connectivity index (χ3v) is 5.02. The highest BCUT2D eigenvalue weighted by atomic mass is 32.2. The Bertz CT molecular complexity index is 299. The van der Waals surface area contributed by atoms with Gasteiger partial charge in [0.15, 0.2) is 0 Å². The molecule has 0 saturated carbocycles. The summed E-state index contributed by atoms with van der Waals surface area (Å²) in [6, 6.07) is 1.17. The molecule has 3 unspecified atom stereocenters. The lowest BCUT2D eigenvalue weighted by Crippen LogP contribution is -2.61. The molecule has 1 saturated heterocycles. The lowest BCUT2D eigenvalue weighted by molar-refractivity contribution is 0.0636. The summed E-state index contributed by atoms with van der Waals surface area (Å²) in [5, 5.41) is 3.72. The van der Waals surface area contributed by atoms with Gasteiger partial charge in [-0.1, -0.05) is 34.6 Å². The molecule has 0 aromatic carbocycles. The first kappa shape index (κ1) is 17.1. The van der Waals surface area contributed by atoms with E-state index >= 15 is 0 Å². The summed E-state index contributed by atoms with van der Waals surface area (Å²) < 4.78 is 11.2. The summed E-state index contributed by atoms with van der Waals surface area (Å²) in [6.45, 7) is 14.8. The van der Waals surface area contributed by atoms with Crippen molar-refractivity contribution in [1.82, 2.24) is 10.2 Å². The highest BCUT2D eigenvalue weighted by Gasteiger charge is 2.34. The monoisotopic (exact) mass is 288 g/mol. The second kappa shape index (κ2) is 7.19. The summed E-state index contributed by atoms with van der Waals surface area (Å²) in [6.07, 6.45) is 2.85. The van der Waals surface area contributed by atoms with E-state index in [1.807, 2.05) is 0 Å². The van der Waals surface area contributed by atoms with Gasteiger partial charge in [-0.15, -0.1) is 0 Å². The molecule has 0 bridgehead atoms. The molecular formula is C15H32N2OS. The van der Waals surface area contributed by atoms with E-state index in [1.54, 1.807) is 6.26 Å². The summed E-state index contributed by atoms with van der Waals surface area (Å²) in [4.78, 5) is 2.62. The van der Waals surface area contributed by atoms with Gasteiger partial charge in [-0.3, -0.25) is 9.11 Å². The second-order valence-corrected chi connectivity index (χ2v) is 8.82. The number of hydrogen-bond donors (Lipinski definition) is 1. The molecule has 3 atom stereocenters. The Labute approximate surface area is 122 Å². The first-order chi connectivity index (χ1) is 8.71. The fourth-order valence-electron chi connectivity index (χ4n) is 2.79. The Balaban J connectivity index is 2.60. The van der Waals surface area contributed by atoms with Crippen molar-refractivity contribution in [3.05, 3.63) is 0 Å². The minimum absolute atomic E-state index is 0.299. The van der Waals surface area contributed by atoms with Crippen LogP contribution in [-0.4, -0.2) is 52.8 Å². The van der Waals surface area contributed by atoms with Gasteiger partial charge in [0, 0.05) is 48.0 Å². The van der Waals surface area contributed by atoms with E-state index in [4.69, 9.17) is 0 Å². The van der Waals surface area contributed by atoms with Crippen LogP contribution in [0.1, 0.15) is 41.0 Å². The molecule has 19 heavy (non-hydrogen) atoms. The predicted octanol–water partition coefficient (Wildman–Crippen LogP) is 2.10. The van der Waals surface area contributed by atoms with Crippen molar-refractivity contribution in [1.29, 1.82) is 0 Å². The molecule has 0 spiro atoms. The fraction of sp³-hybridized carbons (Fsp3) is 1.00. The second-order valence-electron chi connectivity index (χ2n) is 7.26. The normalized spacial score (nSPS) is 27.7. The van der Waals surface area contributed by atoms with E-state index in [2.05, 4.69) is 44.8 Å². The van der Waals surface area contributed by atoms with Crippen molar-refractivity contribution in [2.24, 2.45) is 11.3 Å². The molecule has 1 fully saturated rings. The topological polar surface area (TPSA) is 32.3 Å². The third kappa shape index (κ3) is 5.52. The molecule has 0 aliphatic carbocycles. The van der Waals surface area contributed by atoms with Crippen LogP contribution < -0.4 is 5.32 Å². The molecule has 0 aromatic heterocycles. The Kier molecular flexibility index (Phi) is 6.48. The smallest absolute Gasteiger partial charge is 0.0244 e. The minimum Gasteiger partial charge on any atom is -0.311 e. The molecule has 1 aliphatic rings. The van der Waals surface area contributed by atoms with E-state index in [0.29, 0.717) is 23.4 Å². The van der Waals surface area contributed by atoms with Crippen LogP contribution in [0.2, 0.25) is 0 Å². The van der Waals surface area contributed by atoms with Crippen LogP contribution in [-0.2, 0) is 10.8 Å². The van der Waals surface area contributed by atoms with Gasteiger partial charge >= 0.3 is 0 Å². The van der Waals surface area contributed by atoms with Gasteiger partial charge in [0.25, 0.3) is 0 Å². The van der Waals surface area contributed by atoms with Crippen LogP contribution in [0.5, 0.6) is 0 Å². The number of hydrogen-bond acceptors (Lipinski definition) is 3. The van der Waals surface area contributed by atoms with E-state index in [-0.39, 0.29) is 0 Å². The molecule has 114 valence electrons. The van der Waals surface area contributed by atoms with Gasteiger partial charge in [0.2, 0.25) is 0 Å². The Hall–Kier alpha value is 0.0700. The highest BCUT2D eigenvalue weighted by molar-refractivity contribution is 7.84. The molecule has 4 heteroatoms. The zero-order chi connectivity index (χ0) is 14.6. The standard InChI is InChI=1S/C15H32N2OS/c1-12(2)13-10-16-14(15(3,4)5)11-17(13)8-7-9-19(6)18/h12-14,16H,7-11H2,1-6H3. The molecular weight excluding hydrogens is 256 g/mol. The van der Waals surface area contributed by atoms with Crippen molar-refractivity contribution < 1.29 is 4.21 Å². The molecule has 1 rings (SSSR count). The molecule has 1 aliphatic heterocycles. The van der Waals surface area contributed by atoms with Crippen molar-refractivity contribution >= 4 is 10.8 Å². The molecule has 0 radical (unpaired) electrons. The van der Waals surface area contributed by atoms with Crippen LogP contribution in [0, 0.1) is 11.3 Å². The van der Waals surface area contributed by atoms with Gasteiger partial charge < -0.3 is 5.32 Å². The molecule has 0 aromatic rings. The average Bonchev–Trinajstić information content (AvgIpc) is 2.26. The Morgan fingerprint density at radius 2 is 2.00 bits per heavy atom. The number of nitrogens with zero attached hydrogens (tertiary/aromatic N) is 1. The van der Waals surface area contributed by atoms with E-state index in [9.17, 15) is 4.21 Å². The largest absolute Gasteiger partial charge is 0.311 e. The van der Waals surface area contributed by atoms with E-state index < -0.39 is 10.8 Å². The minimum atomic E-state index is -0.660. The van der Waals surface area contributed by atoms with Gasteiger partial charge in [0.1, 0.15) is 0 Å². The lowest BCUT2D eigenvalue weighted by Gasteiger charge is -2.46. The highest BCUT2D eigenvalue weighted by Crippen LogP contribution is 2.25. The third-order valence-electron chi connectivity index (χ3n) is 4.15. The fourth-order valence-corrected chi connectivity index (χ4v) is 3.33. The Morgan fingerprint density at radius 3 is 2.47 bits per heavy atom. The summed E-state index contributed by atoms with van der Waals surface area (Å²) in [7, 11) is -0.660. The van der Waals surface area contributed by atoms with Crippen molar-refractivity contribution in [2.45, 2.75) is 53.1 Å². The van der Waals surface area contributed by atoms with Crippen LogP contribution >= 0.6 is 0 Å². The summed E-state index contributed by atoms with van der Waals surface area (Å²) in [5.74, 6) is 1.50. The predicted molar refractivity (Wildman–Crippen MR) is 85.0 cm³/mol. The maximum atomic E-state index is 11.2. The van der Waals surface area contributed by atoms with Gasteiger partial charge in [-0.25, -0.2) is 0 Å². The number of piperazine rings is 1. The molecule has 0 amide bonds. The average molecular weight is 289 g/mol. The lowest BCUT2D eigenvalue weighted by atomic mass is 9.83. The zero-order valence-corrected chi connectivity index (χ0v) is 14.3. The van der Waals surface area contributed by atoms with Crippen molar-refractivity contribution in [2.75, 3.05) is 31.6 Å². The van der Waals surface area contributed by atoms with Crippen molar-refractivity contribution in [3.63, 3.8) is 0 Å². The van der Waals surface area contributed by atoms with Crippen LogP contribution in [0.15, 0.2) is 0 Å². The molecule has 1 N–H and O–H groups in total. The summed E-state index contributed by atoms with van der Waals surface area (Å²) >= 11 is 0. The van der Waals surface area contributed by atoms with Crippen LogP contribution in [0.25, 0.3) is 0 Å². The quantitative estimate of drug-likeness (QED) is 0.841. The molecule has 1 heterocycles. The van der Waals surface area contributed by atoms with Crippen molar-refractivity contribution in [3.8, 4) is 0 Å². The zero-order valence-electron chi connectivity index (χ0n) is 13.5. The van der Waals surface area contributed by atoms with Gasteiger partial charge in [-0.2, -0.15) is 0 Å². The SMILES string of the molecule is CC(C)C1CNC(C(C)(C)C)CN1CCCS(C)=O. The van der Waals surface area contributed by atoms with E-state index in [0.717, 1.165) is 31.8 Å². The maximum absolute atomic E-state index is 11.2. The van der Waals surface area contributed by atoms with Crippen LogP contribution in [0.3, 0.4) is 0 Å². The Morgan fingerprint density at radius 1 is 1.37 bits per heavy atom. The number of rotatable bonds is 5. The van der Waals surface area contributed by atoms with Gasteiger partial charge in [0.05, 0.1) is 0 Å². The maximum Gasteiger partial charge on any atom is 0.0244 e. The van der Waals surface area contributed by atoms with Gasteiger partial charge in [-0.05, 0) is 24.3 Å². The van der Waals surface area contributed by atoms with E-state index in [1.165, 1.54) is 0 Å². The van der Waals surface area contributed by atoms with Crippen LogP contribution in [0.4, 0.5) is 0 Å². The first-order valence-corrected chi connectivity index (χ1v) is 9.22. The first-order valence-electron chi connectivity index (χ1n) is 7.49. The summed E-state index contributed by atoms with van der Waals surface area (Å²) in [5.41, 5.74) is 0.299. The number of nitrogens with one attached hydrogen (secondary N) is 1.